The van der Waals surface area contributed by atoms with E-state index in [2.05, 4.69) is 20.9 Å². The molecule has 2 N–H and O–H groups in total. The first kappa shape index (κ1) is 20.9. The molecule has 9 heteroatoms. The second-order valence-corrected chi connectivity index (χ2v) is 7.82. The number of aliphatic imine (C=N–C) groups is 1. The van der Waals surface area contributed by atoms with Gasteiger partial charge in [0.25, 0.3) is 5.91 Å². The number of halogens is 1. The molecule has 1 aliphatic heterocycles. The molecule has 1 aliphatic rings. The van der Waals surface area contributed by atoms with E-state index in [-0.39, 0.29) is 17.2 Å². The van der Waals surface area contributed by atoms with Gasteiger partial charge in [-0.25, -0.2) is 9.79 Å². The second kappa shape index (κ2) is 8.71. The molecule has 29 heavy (non-hydrogen) atoms. The Balaban J connectivity index is 1.95. The third kappa shape index (κ3) is 4.46. The van der Waals surface area contributed by atoms with Gasteiger partial charge >= 0.3 is 5.97 Å². The number of amidine groups is 1. The quantitative estimate of drug-likeness (QED) is 0.616. The molecule has 1 amide bonds. The van der Waals surface area contributed by atoms with Crippen LogP contribution in [0.2, 0.25) is 0 Å². The fourth-order valence-corrected chi connectivity index (χ4v) is 4.13. The zero-order valence-corrected chi connectivity index (χ0v) is 18.0. The van der Waals surface area contributed by atoms with Crippen molar-refractivity contribution in [1.29, 1.82) is 0 Å². The van der Waals surface area contributed by atoms with E-state index in [9.17, 15) is 14.7 Å². The van der Waals surface area contributed by atoms with Crippen LogP contribution < -0.4 is 4.74 Å². The number of thioether (sulfide) groups is 1. The largest absolute Gasteiger partial charge is 0.504 e. The lowest BCUT2D eigenvalue weighted by Crippen LogP contribution is -2.28. The summed E-state index contributed by atoms with van der Waals surface area (Å²) >= 11 is 4.61. The van der Waals surface area contributed by atoms with Crippen molar-refractivity contribution in [2.45, 2.75) is 6.92 Å². The third-order valence-electron chi connectivity index (χ3n) is 4.13. The van der Waals surface area contributed by atoms with Gasteiger partial charge in [0, 0.05) is 11.0 Å². The Bertz CT molecular complexity index is 1030. The maximum Gasteiger partial charge on any atom is 0.335 e. The standard InChI is InChI=1S/C20H17BrN2O5S/c1-3-23-18(25)17(9-12-8-16(28-2)15(24)10-14(12)21)29-20(23)22-13-6-4-11(5-7-13)19(26)27/h4-10,24H,3H2,1-2H3,(H,26,27). The predicted octanol–water partition coefficient (Wildman–Crippen LogP) is 4.49. The van der Waals surface area contributed by atoms with Gasteiger partial charge < -0.3 is 14.9 Å². The van der Waals surface area contributed by atoms with Crippen LogP contribution in [-0.4, -0.2) is 45.8 Å². The van der Waals surface area contributed by atoms with Crippen LogP contribution in [0.1, 0.15) is 22.8 Å². The highest BCUT2D eigenvalue weighted by atomic mass is 79.9. The average molecular weight is 477 g/mol. The summed E-state index contributed by atoms with van der Waals surface area (Å²) in [6, 6.07) is 9.27. The van der Waals surface area contributed by atoms with Crippen molar-refractivity contribution < 1.29 is 24.5 Å². The van der Waals surface area contributed by atoms with Crippen molar-refractivity contribution in [3.63, 3.8) is 0 Å². The van der Waals surface area contributed by atoms with Crippen molar-refractivity contribution in [3.8, 4) is 11.5 Å². The number of aromatic hydroxyl groups is 1. The number of phenols is 1. The Morgan fingerprint density at radius 2 is 2.00 bits per heavy atom. The van der Waals surface area contributed by atoms with Crippen LogP contribution in [0, 0.1) is 0 Å². The van der Waals surface area contributed by atoms with Gasteiger partial charge in [-0.15, -0.1) is 0 Å². The monoisotopic (exact) mass is 476 g/mol. The van der Waals surface area contributed by atoms with E-state index < -0.39 is 5.97 Å². The summed E-state index contributed by atoms with van der Waals surface area (Å²) in [5.74, 6) is -0.897. The van der Waals surface area contributed by atoms with Crippen molar-refractivity contribution in [2.75, 3.05) is 13.7 Å². The molecule has 1 fully saturated rings. The normalized spacial score (nSPS) is 16.7. The molecular weight excluding hydrogens is 460 g/mol. The number of amides is 1. The molecule has 2 aromatic rings. The number of carbonyl (C=O) groups is 2. The van der Waals surface area contributed by atoms with E-state index in [1.807, 2.05) is 6.92 Å². The zero-order valence-electron chi connectivity index (χ0n) is 15.5. The van der Waals surface area contributed by atoms with E-state index in [1.54, 1.807) is 29.2 Å². The number of carboxylic acids is 1. The number of carbonyl (C=O) groups excluding carboxylic acids is 1. The highest BCUT2D eigenvalue weighted by Gasteiger charge is 2.32. The van der Waals surface area contributed by atoms with Crippen molar-refractivity contribution in [2.24, 2.45) is 4.99 Å². The molecule has 1 heterocycles. The lowest BCUT2D eigenvalue weighted by atomic mass is 10.2. The van der Waals surface area contributed by atoms with Crippen LogP contribution >= 0.6 is 27.7 Å². The maximum atomic E-state index is 12.8. The van der Waals surface area contributed by atoms with Crippen molar-refractivity contribution in [3.05, 3.63) is 56.9 Å². The minimum Gasteiger partial charge on any atom is -0.504 e. The SMILES string of the molecule is CCN1C(=O)C(=Cc2cc(OC)c(O)cc2Br)SC1=Nc1ccc(C(=O)O)cc1. The number of ether oxygens (including phenoxy) is 1. The highest BCUT2D eigenvalue weighted by Crippen LogP contribution is 2.38. The van der Waals surface area contributed by atoms with Crippen LogP contribution in [0.5, 0.6) is 11.5 Å². The summed E-state index contributed by atoms with van der Waals surface area (Å²) in [6.45, 7) is 2.29. The number of phenolic OH excluding ortho intramolecular Hbond substituents is 1. The average Bonchev–Trinajstić information content (AvgIpc) is 2.98. The predicted molar refractivity (Wildman–Crippen MR) is 116 cm³/mol. The smallest absolute Gasteiger partial charge is 0.335 e. The summed E-state index contributed by atoms with van der Waals surface area (Å²) < 4.78 is 5.75. The number of rotatable bonds is 5. The van der Waals surface area contributed by atoms with Gasteiger partial charge in [-0.3, -0.25) is 9.69 Å². The summed E-state index contributed by atoms with van der Waals surface area (Å²) in [5.41, 5.74) is 1.40. The van der Waals surface area contributed by atoms with Crippen molar-refractivity contribution >= 4 is 56.5 Å². The Morgan fingerprint density at radius 3 is 2.59 bits per heavy atom. The Morgan fingerprint density at radius 1 is 1.31 bits per heavy atom. The first-order chi connectivity index (χ1) is 13.8. The molecule has 0 spiro atoms. The lowest BCUT2D eigenvalue weighted by Gasteiger charge is -2.12. The van der Waals surface area contributed by atoms with Crippen LogP contribution in [0.3, 0.4) is 0 Å². The second-order valence-electron chi connectivity index (χ2n) is 5.95. The number of likely N-dealkylation sites (N-methyl/N-ethyl adjacent to an activating group) is 1. The molecule has 0 aliphatic carbocycles. The van der Waals surface area contributed by atoms with E-state index in [0.717, 1.165) is 0 Å². The molecule has 150 valence electrons. The number of nitrogens with zero attached hydrogens (tertiary/aromatic N) is 2. The molecular formula is C20H17BrN2O5S. The molecule has 0 aromatic heterocycles. The molecule has 0 bridgehead atoms. The third-order valence-corrected chi connectivity index (χ3v) is 5.82. The fourth-order valence-electron chi connectivity index (χ4n) is 2.63. The fraction of sp³-hybridized carbons (Fsp3) is 0.150. The van der Waals surface area contributed by atoms with E-state index in [4.69, 9.17) is 9.84 Å². The van der Waals surface area contributed by atoms with Gasteiger partial charge in [0.15, 0.2) is 16.7 Å². The minimum atomic E-state index is -1.01. The van der Waals surface area contributed by atoms with E-state index in [0.29, 0.717) is 38.1 Å². The summed E-state index contributed by atoms with van der Waals surface area (Å²) in [7, 11) is 1.45. The van der Waals surface area contributed by atoms with Crippen molar-refractivity contribution in [1.82, 2.24) is 4.90 Å². The lowest BCUT2D eigenvalue weighted by molar-refractivity contribution is -0.122. The number of methoxy groups -OCH3 is 1. The Kier molecular flexibility index (Phi) is 6.29. The Labute approximate surface area is 179 Å². The van der Waals surface area contributed by atoms with Crippen LogP contribution in [0.4, 0.5) is 5.69 Å². The van der Waals surface area contributed by atoms with E-state index in [1.165, 1.54) is 37.1 Å². The molecule has 0 radical (unpaired) electrons. The van der Waals surface area contributed by atoms with Gasteiger partial charge in [-0.2, -0.15) is 0 Å². The van der Waals surface area contributed by atoms with E-state index >= 15 is 0 Å². The van der Waals surface area contributed by atoms with Gasteiger partial charge in [0.1, 0.15) is 0 Å². The van der Waals surface area contributed by atoms with Crippen LogP contribution in [0.25, 0.3) is 6.08 Å². The van der Waals surface area contributed by atoms with Gasteiger partial charge in [-0.05, 0) is 66.7 Å². The molecule has 7 nitrogen and oxygen atoms in total. The molecule has 1 saturated heterocycles. The van der Waals surface area contributed by atoms with Gasteiger partial charge in [-0.1, -0.05) is 15.9 Å². The Hall–Kier alpha value is -2.78. The number of hydrogen-bond acceptors (Lipinski definition) is 6. The summed E-state index contributed by atoms with van der Waals surface area (Å²) in [4.78, 5) is 30.3. The maximum absolute atomic E-state index is 12.8. The van der Waals surface area contributed by atoms with Gasteiger partial charge in [0.2, 0.25) is 0 Å². The topological polar surface area (TPSA) is 99.4 Å². The molecule has 0 unspecified atom stereocenters. The zero-order chi connectivity index (χ0) is 21.1. The highest BCUT2D eigenvalue weighted by molar-refractivity contribution is 9.10. The first-order valence-electron chi connectivity index (χ1n) is 8.54. The molecule has 2 aromatic carbocycles. The van der Waals surface area contributed by atoms with Crippen LogP contribution in [-0.2, 0) is 4.79 Å². The minimum absolute atomic E-state index is 0.00540. The molecule has 0 atom stereocenters. The van der Waals surface area contributed by atoms with Gasteiger partial charge in [0.05, 0.1) is 23.3 Å². The molecule has 0 saturated carbocycles. The number of benzene rings is 2. The summed E-state index contributed by atoms with van der Waals surface area (Å²) in [5, 5.41) is 19.4. The first-order valence-corrected chi connectivity index (χ1v) is 10.1. The van der Waals surface area contributed by atoms with Crippen LogP contribution in [0.15, 0.2) is 50.8 Å². The number of hydrogen-bond donors (Lipinski definition) is 2. The number of carboxylic acid groups (broad SMARTS) is 1. The molecule has 3 rings (SSSR count). The number of aromatic carboxylic acids is 1. The summed E-state index contributed by atoms with van der Waals surface area (Å²) in [6.07, 6.45) is 1.71.